The van der Waals surface area contributed by atoms with Crippen LogP contribution in [0.2, 0.25) is 0 Å². The molecule has 0 aliphatic heterocycles. The van der Waals surface area contributed by atoms with E-state index in [9.17, 15) is 23.3 Å². The van der Waals surface area contributed by atoms with Gasteiger partial charge in [0.05, 0.1) is 16.9 Å². The van der Waals surface area contributed by atoms with Gasteiger partial charge < -0.3 is 5.32 Å². The Balaban J connectivity index is 2.18. The molecule has 0 radical (unpaired) electrons. The number of carbonyl (C=O) groups is 1. The predicted octanol–water partition coefficient (Wildman–Crippen LogP) is 2.53. The zero-order valence-electron chi connectivity index (χ0n) is 12.9. The number of amides is 1. The molecule has 24 heavy (non-hydrogen) atoms. The van der Waals surface area contributed by atoms with Gasteiger partial charge >= 0.3 is 0 Å². The van der Waals surface area contributed by atoms with Gasteiger partial charge in [-0.25, -0.2) is 8.42 Å². The van der Waals surface area contributed by atoms with E-state index in [2.05, 4.69) is 10.0 Å². The number of nitrogens with zero attached hydrogens (tertiary/aromatic N) is 1. The summed E-state index contributed by atoms with van der Waals surface area (Å²) in [6, 6.07) is 10.0. The van der Waals surface area contributed by atoms with E-state index in [1.54, 1.807) is 13.0 Å². The summed E-state index contributed by atoms with van der Waals surface area (Å²) in [4.78, 5) is 22.5. The number of nitrogens with one attached hydrogen (secondary N) is 2. The van der Waals surface area contributed by atoms with E-state index in [-0.39, 0.29) is 5.69 Å². The number of hydrogen-bond acceptors (Lipinski definition) is 5. The van der Waals surface area contributed by atoms with Crippen LogP contribution < -0.4 is 10.0 Å². The fourth-order valence-electron chi connectivity index (χ4n) is 1.96. The van der Waals surface area contributed by atoms with Crippen LogP contribution in [-0.4, -0.2) is 25.5 Å². The quantitative estimate of drug-likeness (QED) is 0.635. The lowest BCUT2D eigenvalue weighted by Crippen LogP contribution is -2.13. The van der Waals surface area contributed by atoms with Crippen molar-refractivity contribution in [2.24, 2.45) is 0 Å². The van der Waals surface area contributed by atoms with Crippen molar-refractivity contribution < 1.29 is 18.1 Å². The molecule has 8 nitrogen and oxygen atoms in total. The van der Waals surface area contributed by atoms with Gasteiger partial charge in [-0.15, -0.1) is 0 Å². The number of non-ortho nitro benzene ring substituents is 1. The number of nitro benzene ring substituents is 1. The first-order chi connectivity index (χ1) is 11.2. The Morgan fingerprint density at radius 2 is 1.75 bits per heavy atom. The van der Waals surface area contributed by atoms with Gasteiger partial charge in [0.1, 0.15) is 0 Å². The first kappa shape index (κ1) is 17.4. The van der Waals surface area contributed by atoms with E-state index >= 15 is 0 Å². The number of aryl methyl sites for hydroxylation is 1. The van der Waals surface area contributed by atoms with Gasteiger partial charge in [0.2, 0.25) is 10.0 Å². The van der Waals surface area contributed by atoms with Crippen LogP contribution in [0.15, 0.2) is 42.5 Å². The predicted molar refractivity (Wildman–Crippen MR) is 90.7 cm³/mol. The molecule has 2 rings (SSSR count). The number of carbonyl (C=O) groups excluding carboxylic acids is 1. The van der Waals surface area contributed by atoms with Crippen molar-refractivity contribution in [3.8, 4) is 0 Å². The highest BCUT2D eigenvalue weighted by atomic mass is 32.2. The largest absolute Gasteiger partial charge is 0.321 e. The van der Waals surface area contributed by atoms with E-state index in [0.717, 1.165) is 6.26 Å². The third-order valence-electron chi connectivity index (χ3n) is 3.13. The number of rotatable bonds is 5. The molecule has 0 unspecified atom stereocenters. The normalized spacial score (nSPS) is 10.9. The average Bonchev–Trinajstić information content (AvgIpc) is 2.48. The molecule has 0 atom stereocenters. The smallest absolute Gasteiger partial charge is 0.271 e. The first-order valence-corrected chi connectivity index (χ1v) is 8.69. The number of sulfonamides is 1. The van der Waals surface area contributed by atoms with Crippen LogP contribution in [0.5, 0.6) is 0 Å². The lowest BCUT2D eigenvalue weighted by atomic mass is 10.1. The Morgan fingerprint density at radius 1 is 1.12 bits per heavy atom. The highest BCUT2D eigenvalue weighted by Crippen LogP contribution is 2.22. The van der Waals surface area contributed by atoms with E-state index < -0.39 is 20.9 Å². The maximum absolute atomic E-state index is 12.2. The lowest BCUT2D eigenvalue weighted by molar-refractivity contribution is -0.384. The van der Waals surface area contributed by atoms with E-state index in [4.69, 9.17) is 0 Å². The number of anilines is 2. The molecule has 0 fully saturated rings. The molecular weight excluding hydrogens is 334 g/mol. The summed E-state index contributed by atoms with van der Waals surface area (Å²) in [7, 11) is -3.39. The first-order valence-electron chi connectivity index (χ1n) is 6.80. The standard InChI is InChI=1S/C15H15N3O5S/c1-10-3-8-13(18(20)21)9-14(10)16-15(19)11-4-6-12(7-5-11)17-24(2,22)23/h3-9,17H,1-2H3,(H,16,19). The van der Waals surface area contributed by atoms with Crippen LogP contribution in [0.1, 0.15) is 15.9 Å². The second-order valence-electron chi connectivity index (χ2n) is 5.16. The molecule has 0 aliphatic rings. The molecule has 2 aromatic carbocycles. The zero-order chi connectivity index (χ0) is 17.9. The van der Waals surface area contributed by atoms with Crippen molar-refractivity contribution in [3.63, 3.8) is 0 Å². The van der Waals surface area contributed by atoms with Crippen LogP contribution in [0.25, 0.3) is 0 Å². The van der Waals surface area contributed by atoms with Crippen molar-refractivity contribution in [1.82, 2.24) is 0 Å². The third kappa shape index (κ3) is 4.53. The minimum absolute atomic E-state index is 0.122. The Kier molecular flexibility index (Phi) is 4.84. The molecule has 1 amide bonds. The molecule has 0 saturated heterocycles. The summed E-state index contributed by atoms with van der Waals surface area (Å²) >= 11 is 0. The summed E-state index contributed by atoms with van der Waals surface area (Å²) in [6.07, 6.45) is 1.03. The molecule has 126 valence electrons. The molecule has 0 spiro atoms. The van der Waals surface area contributed by atoms with Gasteiger partial charge in [0.15, 0.2) is 0 Å². The Hall–Kier alpha value is -2.94. The van der Waals surface area contributed by atoms with E-state index in [0.29, 0.717) is 22.5 Å². The topological polar surface area (TPSA) is 118 Å². The van der Waals surface area contributed by atoms with Crippen LogP contribution in [0.3, 0.4) is 0 Å². The second-order valence-corrected chi connectivity index (χ2v) is 6.91. The molecular formula is C15H15N3O5S. The van der Waals surface area contributed by atoms with Crippen LogP contribution in [0, 0.1) is 17.0 Å². The summed E-state index contributed by atoms with van der Waals surface area (Å²) in [5.74, 6) is -0.454. The summed E-state index contributed by atoms with van der Waals surface area (Å²) in [6.45, 7) is 1.72. The fourth-order valence-corrected chi connectivity index (χ4v) is 2.52. The zero-order valence-corrected chi connectivity index (χ0v) is 13.8. The van der Waals surface area contributed by atoms with Gasteiger partial charge in [-0.2, -0.15) is 0 Å². The van der Waals surface area contributed by atoms with Crippen LogP contribution >= 0.6 is 0 Å². The summed E-state index contributed by atoms with van der Waals surface area (Å²) in [5, 5.41) is 13.4. The van der Waals surface area contributed by atoms with Gasteiger partial charge in [0.25, 0.3) is 11.6 Å². The van der Waals surface area contributed by atoms with Crippen LogP contribution in [0.4, 0.5) is 17.1 Å². The highest BCUT2D eigenvalue weighted by molar-refractivity contribution is 7.92. The van der Waals surface area contributed by atoms with Gasteiger partial charge in [-0.1, -0.05) is 6.07 Å². The maximum Gasteiger partial charge on any atom is 0.271 e. The average molecular weight is 349 g/mol. The fraction of sp³-hybridized carbons (Fsp3) is 0.133. The molecule has 2 aromatic rings. The molecule has 0 saturated carbocycles. The molecule has 9 heteroatoms. The van der Waals surface area contributed by atoms with Crippen molar-refractivity contribution in [2.75, 3.05) is 16.3 Å². The maximum atomic E-state index is 12.2. The van der Waals surface area contributed by atoms with Gasteiger partial charge in [0, 0.05) is 23.4 Å². The Morgan fingerprint density at radius 3 is 2.29 bits per heavy atom. The van der Waals surface area contributed by atoms with Crippen molar-refractivity contribution in [2.45, 2.75) is 6.92 Å². The molecule has 0 heterocycles. The van der Waals surface area contributed by atoms with Crippen molar-refractivity contribution >= 4 is 33.0 Å². The Bertz CT molecular complexity index is 892. The highest BCUT2D eigenvalue weighted by Gasteiger charge is 2.12. The van der Waals surface area contributed by atoms with Crippen LogP contribution in [-0.2, 0) is 10.0 Å². The monoisotopic (exact) mass is 349 g/mol. The molecule has 0 aliphatic carbocycles. The van der Waals surface area contributed by atoms with Crippen molar-refractivity contribution in [1.29, 1.82) is 0 Å². The van der Waals surface area contributed by atoms with Gasteiger partial charge in [-0.05, 0) is 36.8 Å². The number of benzene rings is 2. The van der Waals surface area contributed by atoms with E-state index in [1.165, 1.54) is 36.4 Å². The van der Waals surface area contributed by atoms with E-state index in [1.807, 2.05) is 0 Å². The summed E-state index contributed by atoms with van der Waals surface area (Å²) < 4.78 is 24.6. The molecule has 2 N–H and O–H groups in total. The minimum atomic E-state index is -3.39. The lowest BCUT2D eigenvalue weighted by Gasteiger charge is -2.09. The third-order valence-corrected chi connectivity index (χ3v) is 3.74. The number of nitro groups is 1. The molecule has 0 bridgehead atoms. The number of hydrogen-bond donors (Lipinski definition) is 2. The second kappa shape index (κ2) is 6.67. The van der Waals surface area contributed by atoms with Gasteiger partial charge in [-0.3, -0.25) is 19.6 Å². The SMILES string of the molecule is Cc1ccc([N+](=O)[O-])cc1NC(=O)c1ccc(NS(C)(=O)=O)cc1. The minimum Gasteiger partial charge on any atom is -0.321 e. The van der Waals surface area contributed by atoms with Crippen molar-refractivity contribution in [3.05, 3.63) is 63.7 Å². The molecule has 0 aromatic heterocycles. The summed E-state index contributed by atoms with van der Waals surface area (Å²) in [5.41, 5.74) is 1.53. The Labute approximate surface area is 138 Å².